The molecule has 1 saturated heterocycles. The van der Waals surface area contributed by atoms with Crippen LogP contribution in [0.2, 0.25) is 0 Å². The molecule has 7 heteroatoms. The molecule has 4 rings (SSSR count). The number of benzene rings is 1. The molecule has 0 radical (unpaired) electrons. The number of hydrogen-bond acceptors (Lipinski definition) is 3. The number of sulfonamides is 1. The standard InChI is InChI=1S/C21H27N3O3S/c1-15-6-5-11-24(13-15)28(26,27)17-12-20(23(2)14-17)21(25)22-19-10-9-16-7-3-4-8-18(16)19/h3-4,7-8,12,14-15,19H,5-6,9-11,13H2,1-2H3,(H,22,25)/t15?,19-/m1/s1. The second kappa shape index (κ2) is 7.37. The van der Waals surface area contributed by atoms with E-state index in [1.807, 2.05) is 18.2 Å². The van der Waals surface area contributed by atoms with E-state index in [2.05, 4.69) is 18.3 Å². The van der Waals surface area contributed by atoms with Crippen molar-refractivity contribution in [2.45, 2.75) is 43.5 Å². The summed E-state index contributed by atoms with van der Waals surface area (Å²) in [5.41, 5.74) is 2.79. The van der Waals surface area contributed by atoms with E-state index in [1.165, 1.54) is 11.6 Å². The van der Waals surface area contributed by atoms with Crippen molar-refractivity contribution in [2.24, 2.45) is 13.0 Å². The van der Waals surface area contributed by atoms with Crippen LogP contribution >= 0.6 is 0 Å². The van der Waals surface area contributed by atoms with Gasteiger partial charge in [0.1, 0.15) is 10.6 Å². The molecule has 1 aliphatic carbocycles. The highest BCUT2D eigenvalue weighted by Crippen LogP contribution is 2.31. The molecular formula is C21H27N3O3S. The average molecular weight is 402 g/mol. The number of carbonyl (C=O) groups excluding carboxylic acids is 1. The number of aryl methyl sites for hydroxylation is 2. The Labute approximate surface area is 166 Å². The van der Waals surface area contributed by atoms with E-state index in [0.29, 0.717) is 24.7 Å². The highest BCUT2D eigenvalue weighted by Gasteiger charge is 2.31. The lowest BCUT2D eigenvalue weighted by molar-refractivity contribution is 0.0928. The summed E-state index contributed by atoms with van der Waals surface area (Å²) in [6.07, 6.45) is 5.29. The number of nitrogens with zero attached hydrogens (tertiary/aromatic N) is 2. The summed E-state index contributed by atoms with van der Waals surface area (Å²) >= 11 is 0. The molecule has 2 atom stereocenters. The predicted molar refractivity (Wildman–Crippen MR) is 108 cm³/mol. The quantitative estimate of drug-likeness (QED) is 0.856. The largest absolute Gasteiger partial charge is 0.345 e. The molecular weight excluding hydrogens is 374 g/mol. The molecule has 1 unspecified atom stereocenters. The molecule has 1 aliphatic heterocycles. The summed E-state index contributed by atoms with van der Waals surface area (Å²) in [6, 6.07) is 9.61. The first-order chi connectivity index (χ1) is 13.4. The van der Waals surface area contributed by atoms with Crippen molar-refractivity contribution in [1.82, 2.24) is 14.2 Å². The number of hydrogen-bond donors (Lipinski definition) is 1. The maximum Gasteiger partial charge on any atom is 0.268 e. The Hall–Kier alpha value is -2.12. The Morgan fingerprint density at radius 3 is 2.79 bits per heavy atom. The van der Waals surface area contributed by atoms with Gasteiger partial charge in [0, 0.05) is 26.3 Å². The second-order valence-electron chi connectivity index (χ2n) is 8.05. The molecule has 150 valence electrons. The van der Waals surface area contributed by atoms with Crippen LogP contribution in [0.1, 0.15) is 53.8 Å². The number of nitrogens with one attached hydrogen (secondary N) is 1. The van der Waals surface area contributed by atoms with Crippen LogP contribution in [0.15, 0.2) is 41.4 Å². The fourth-order valence-corrected chi connectivity index (χ4v) is 6.02. The summed E-state index contributed by atoms with van der Waals surface area (Å²) < 4.78 is 29.2. The monoisotopic (exact) mass is 401 g/mol. The molecule has 0 saturated carbocycles. The van der Waals surface area contributed by atoms with Crippen LogP contribution < -0.4 is 5.32 Å². The minimum atomic E-state index is -3.57. The summed E-state index contributed by atoms with van der Waals surface area (Å²) in [5.74, 6) is 0.120. The summed E-state index contributed by atoms with van der Waals surface area (Å²) in [7, 11) is -1.86. The van der Waals surface area contributed by atoms with E-state index in [0.717, 1.165) is 31.2 Å². The maximum atomic E-state index is 13.0. The number of carbonyl (C=O) groups is 1. The molecule has 2 heterocycles. The first-order valence-electron chi connectivity index (χ1n) is 9.91. The van der Waals surface area contributed by atoms with Gasteiger partial charge in [0.05, 0.1) is 6.04 Å². The van der Waals surface area contributed by atoms with Crippen molar-refractivity contribution >= 4 is 15.9 Å². The zero-order valence-electron chi connectivity index (χ0n) is 16.4. The van der Waals surface area contributed by atoms with Crippen molar-refractivity contribution in [3.8, 4) is 0 Å². The minimum Gasteiger partial charge on any atom is -0.345 e. The van der Waals surface area contributed by atoms with Gasteiger partial charge >= 0.3 is 0 Å². The maximum absolute atomic E-state index is 13.0. The highest BCUT2D eigenvalue weighted by atomic mass is 32.2. The molecule has 1 amide bonds. The first kappa shape index (κ1) is 19.2. The van der Waals surface area contributed by atoms with Crippen molar-refractivity contribution in [3.63, 3.8) is 0 Å². The fraction of sp³-hybridized carbons (Fsp3) is 0.476. The third-order valence-electron chi connectivity index (χ3n) is 5.91. The lowest BCUT2D eigenvalue weighted by Crippen LogP contribution is -2.38. The zero-order chi connectivity index (χ0) is 19.9. The van der Waals surface area contributed by atoms with E-state index in [1.54, 1.807) is 22.1 Å². The predicted octanol–water partition coefficient (Wildman–Crippen LogP) is 2.86. The molecule has 1 aromatic carbocycles. The number of amides is 1. The van der Waals surface area contributed by atoms with Crippen LogP contribution in [-0.4, -0.2) is 36.3 Å². The fourth-order valence-electron chi connectivity index (χ4n) is 4.35. The van der Waals surface area contributed by atoms with E-state index < -0.39 is 10.0 Å². The van der Waals surface area contributed by atoms with Crippen molar-refractivity contribution < 1.29 is 13.2 Å². The van der Waals surface area contributed by atoms with Gasteiger partial charge in [-0.05, 0) is 48.8 Å². The van der Waals surface area contributed by atoms with Gasteiger partial charge in [-0.1, -0.05) is 31.2 Å². The lowest BCUT2D eigenvalue weighted by Gasteiger charge is -2.29. The average Bonchev–Trinajstić information content (AvgIpc) is 3.26. The SMILES string of the molecule is CC1CCCN(S(=O)(=O)c2cc(C(=O)N[C@@H]3CCc4ccccc43)n(C)c2)C1. The summed E-state index contributed by atoms with van der Waals surface area (Å²) in [5, 5.41) is 3.08. The van der Waals surface area contributed by atoms with E-state index in [-0.39, 0.29) is 16.8 Å². The number of piperidine rings is 1. The van der Waals surface area contributed by atoms with E-state index in [4.69, 9.17) is 0 Å². The molecule has 1 fully saturated rings. The molecule has 1 aromatic heterocycles. The lowest BCUT2D eigenvalue weighted by atomic mass is 10.0. The van der Waals surface area contributed by atoms with Crippen molar-refractivity contribution in [2.75, 3.05) is 13.1 Å². The van der Waals surface area contributed by atoms with Gasteiger partial charge in [-0.3, -0.25) is 4.79 Å². The normalized spacial score (nSPS) is 22.8. The first-order valence-corrected chi connectivity index (χ1v) is 11.4. The third-order valence-corrected chi connectivity index (χ3v) is 7.74. The highest BCUT2D eigenvalue weighted by molar-refractivity contribution is 7.89. The van der Waals surface area contributed by atoms with E-state index in [9.17, 15) is 13.2 Å². The van der Waals surface area contributed by atoms with Crippen molar-refractivity contribution in [1.29, 1.82) is 0 Å². The van der Waals surface area contributed by atoms with Crippen LogP contribution in [0.4, 0.5) is 0 Å². The smallest absolute Gasteiger partial charge is 0.268 e. The van der Waals surface area contributed by atoms with Gasteiger partial charge in [0.2, 0.25) is 10.0 Å². The van der Waals surface area contributed by atoms with Crippen LogP contribution in [0, 0.1) is 5.92 Å². The second-order valence-corrected chi connectivity index (χ2v) is 9.98. The molecule has 0 spiro atoms. The molecule has 28 heavy (non-hydrogen) atoms. The Kier molecular flexibility index (Phi) is 5.05. The van der Waals surface area contributed by atoms with Gasteiger partial charge in [-0.15, -0.1) is 0 Å². The van der Waals surface area contributed by atoms with Crippen molar-refractivity contribution in [3.05, 3.63) is 53.3 Å². The van der Waals surface area contributed by atoms with Gasteiger partial charge in [-0.2, -0.15) is 4.31 Å². The van der Waals surface area contributed by atoms with Gasteiger partial charge in [0.25, 0.3) is 5.91 Å². The third kappa shape index (κ3) is 3.49. The Morgan fingerprint density at radius 2 is 2.00 bits per heavy atom. The van der Waals surface area contributed by atoms with Gasteiger partial charge in [0.15, 0.2) is 0 Å². The van der Waals surface area contributed by atoms with Gasteiger partial charge in [-0.25, -0.2) is 8.42 Å². The van der Waals surface area contributed by atoms with E-state index >= 15 is 0 Å². The molecule has 6 nitrogen and oxygen atoms in total. The molecule has 0 bridgehead atoms. The molecule has 1 N–H and O–H groups in total. The topological polar surface area (TPSA) is 71.4 Å². The number of fused-ring (bicyclic) bond motifs is 1. The zero-order valence-corrected chi connectivity index (χ0v) is 17.2. The molecule has 2 aromatic rings. The Morgan fingerprint density at radius 1 is 1.21 bits per heavy atom. The summed E-state index contributed by atoms with van der Waals surface area (Å²) in [6.45, 7) is 3.16. The number of rotatable bonds is 4. The van der Waals surface area contributed by atoms with Crippen LogP contribution in [0.25, 0.3) is 0 Å². The summed E-state index contributed by atoms with van der Waals surface area (Å²) in [4.78, 5) is 13.1. The Bertz CT molecular complexity index is 996. The number of aromatic nitrogens is 1. The minimum absolute atomic E-state index is 0.0263. The van der Waals surface area contributed by atoms with Crippen LogP contribution in [0.5, 0.6) is 0 Å². The van der Waals surface area contributed by atoms with Gasteiger partial charge < -0.3 is 9.88 Å². The Balaban J connectivity index is 1.54. The van der Waals surface area contributed by atoms with Crippen LogP contribution in [-0.2, 0) is 23.5 Å². The van der Waals surface area contributed by atoms with Crippen LogP contribution in [0.3, 0.4) is 0 Å². The molecule has 2 aliphatic rings.